The maximum Gasteiger partial charge on any atom is 0.191 e. The van der Waals surface area contributed by atoms with Crippen LogP contribution in [0.3, 0.4) is 0 Å². The molecule has 0 atom stereocenters. The van der Waals surface area contributed by atoms with Crippen molar-refractivity contribution in [3.63, 3.8) is 0 Å². The van der Waals surface area contributed by atoms with Crippen molar-refractivity contribution in [1.82, 2.24) is 0 Å². The lowest BCUT2D eigenvalue weighted by molar-refractivity contribution is 0.824. The molecule has 0 rings (SSSR count). The van der Waals surface area contributed by atoms with Crippen LogP contribution in [0.15, 0.2) is 0 Å². The van der Waals surface area contributed by atoms with Crippen LogP contribution in [0.4, 0.5) is 0 Å². The summed E-state index contributed by atoms with van der Waals surface area (Å²) in [5, 5.41) is 0. The monoisotopic (exact) mass is 74.0 g/mol. The molecule has 0 unspecified atom stereocenters. The van der Waals surface area contributed by atoms with Crippen LogP contribution in [0.5, 0.6) is 0 Å². The van der Waals surface area contributed by atoms with Gasteiger partial charge in [-0.2, -0.15) is 0 Å². The van der Waals surface area contributed by atoms with Gasteiger partial charge in [-0.1, -0.05) is 0 Å². The van der Waals surface area contributed by atoms with E-state index in [9.17, 15) is 0 Å². The molecule has 0 saturated heterocycles. The van der Waals surface area contributed by atoms with Gasteiger partial charge in [0.25, 0.3) is 0 Å². The van der Waals surface area contributed by atoms with Gasteiger partial charge in [0.15, 0.2) is 15.2 Å². The van der Waals surface area contributed by atoms with Crippen molar-refractivity contribution in [2.75, 3.05) is 0 Å². The Morgan fingerprint density at radius 1 is 1.25 bits per heavy atom. The molecule has 4 heavy (non-hydrogen) atoms. The van der Waals surface area contributed by atoms with Crippen molar-refractivity contribution in [1.29, 1.82) is 0 Å². The molecule has 1 radical (unpaired) electrons. The van der Waals surface area contributed by atoms with Crippen LogP contribution in [-0.4, -0.2) is 20.7 Å². The van der Waals surface area contributed by atoms with E-state index in [4.69, 9.17) is 0 Å². The second-order valence-electron chi connectivity index (χ2n) is 0.577. The van der Waals surface area contributed by atoms with Crippen molar-refractivity contribution < 1.29 is 5.48 Å². The first-order valence-electron chi connectivity index (χ1n) is 1.15. The van der Waals surface area contributed by atoms with Crippen LogP contribution >= 0.6 is 0 Å². The second-order valence-corrected chi connectivity index (χ2v) is 1.73. The largest absolute Gasteiger partial charge is 0.870 e. The zero-order valence-electron chi connectivity index (χ0n) is 3.02. The molecule has 0 aliphatic rings. The van der Waals surface area contributed by atoms with Gasteiger partial charge in [0.05, 0.1) is 0 Å². The average Bonchev–Trinajstić information content (AvgIpc) is 0.918. The summed E-state index contributed by atoms with van der Waals surface area (Å²) in [4.78, 5) is 0. The van der Waals surface area contributed by atoms with Crippen molar-refractivity contribution >= 4 is 15.2 Å². The van der Waals surface area contributed by atoms with E-state index < -0.39 is 0 Å². The molecule has 0 saturated carbocycles. The van der Waals surface area contributed by atoms with Crippen LogP contribution in [0.2, 0.25) is 11.6 Å². The van der Waals surface area contributed by atoms with Crippen molar-refractivity contribution in [3.8, 4) is 0 Å². The number of hydrogen-bond donors (Lipinski definition) is 0. The van der Waals surface area contributed by atoms with Crippen LogP contribution in [0.25, 0.3) is 0 Å². The summed E-state index contributed by atoms with van der Waals surface area (Å²) in [7, 11) is 0. The Balaban J connectivity index is 0. The zero-order valence-corrected chi connectivity index (χ0v) is 4.18. The second kappa shape index (κ2) is 9.74. The predicted molar refractivity (Wildman–Crippen MR) is 19.4 cm³/mol. The Hall–Kier alpha value is 0.492. The first kappa shape index (κ1) is 8.82. The van der Waals surface area contributed by atoms with Gasteiger partial charge in [0, 0.05) is 0 Å². The van der Waals surface area contributed by atoms with Gasteiger partial charge in [0.1, 0.15) is 0 Å². The molecule has 0 aliphatic heterocycles. The molecule has 0 amide bonds. The SMILES string of the molecule is [CH3][Al][CH3].[OH-]. The minimum atomic E-state index is 0. The highest BCUT2D eigenvalue weighted by Crippen LogP contribution is 1.36. The Labute approximate surface area is 33.0 Å². The maximum atomic E-state index is 2.21. The Morgan fingerprint density at radius 2 is 1.25 bits per heavy atom. The van der Waals surface area contributed by atoms with E-state index in [2.05, 4.69) is 11.6 Å². The van der Waals surface area contributed by atoms with E-state index in [1.54, 1.807) is 0 Å². The third-order valence-electron chi connectivity index (χ3n) is 0. The first-order chi connectivity index (χ1) is 1.41. The fraction of sp³-hybridized carbons (Fsp3) is 1.00. The van der Waals surface area contributed by atoms with Gasteiger partial charge in [-0.3, -0.25) is 0 Å². The van der Waals surface area contributed by atoms with Gasteiger partial charge in [0.2, 0.25) is 0 Å². The third kappa shape index (κ3) is 22.9. The molecule has 1 N–H and O–H groups in total. The normalized spacial score (nSPS) is 3.50. The van der Waals surface area contributed by atoms with Crippen LogP contribution < -0.4 is 0 Å². The molecule has 0 heterocycles. The van der Waals surface area contributed by atoms with Crippen molar-refractivity contribution in [2.24, 2.45) is 0 Å². The topological polar surface area (TPSA) is 30.0 Å². The van der Waals surface area contributed by atoms with Crippen LogP contribution in [-0.2, 0) is 0 Å². The fourth-order valence-corrected chi connectivity index (χ4v) is 0. The average molecular weight is 74.1 g/mol. The molecule has 0 aromatic carbocycles. The zero-order chi connectivity index (χ0) is 2.71. The first-order valence-corrected chi connectivity index (χ1v) is 3.46. The molecule has 0 spiro atoms. The minimum Gasteiger partial charge on any atom is -0.870 e. The summed E-state index contributed by atoms with van der Waals surface area (Å²) in [6.07, 6.45) is 0. The lowest BCUT2D eigenvalue weighted by Gasteiger charge is -1.38. The summed E-state index contributed by atoms with van der Waals surface area (Å²) in [6, 6.07) is 0. The van der Waals surface area contributed by atoms with E-state index >= 15 is 0 Å². The minimum absolute atomic E-state index is 0. The lowest BCUT2D eigenvalue weighted by Crippen LogP contribution is -1.53. The van der Waals surface area contributed by atoms with E-state index in [0.717, 1.165) is 15.2 Å². The molecule has 0 aromatic heterocycles. The number of hydrogen-bond acceptors (Lipinski definition) is 1. The predicted octanol–water partition coefficient (Wildman–Crippen LogP) is 0.610. The smallest absolute Gasteiger partial charge is 0.191 e. The fourth-order valence-electron chi connectivity index (χ4n) is 0. The molecule has 0 aliphatic carbocycles. The van der Waals surface area contributed by atoms with E-state index in [-0.39, 0.29) is 5.48 Å². The summed E-state index contributed by atoms with van der Waals surface area (Å²) in [5.74, 6) is 4.42. The molecule has 2 heteroatoms. The quantitative estimate of drug-likeness (QED) is 0.387. The van der Waals surface area contributed by atoms with E-state index in [0.29, 0.717) is 0 Å². The molecule has 0 bridgehead atoms. The molecule has 0 aromatic rings. The highest BCUT2D eigenvalue weighted by molar-refractivity contribution is 6.31. The Kier molecular flexibility index (Phi) is 21.5. The maximum absolute atomic E-state index is 2.21. The molecular formula is C2H7AlO-. The van der Waals surface area contributed by atoms with Crippen molar-refractivity contribution in [3.05, 3.63) is 0 Å². The van der Waals surface area contributed by atoms with E-state index in [1.807, 2.05) is 0 Å². The van der Waals surface area contributed by atoms with Crippen LogP contribution in [0, 0.1) is 0 Å². The Morgan fingerprint density at radius 3 is 1.25 bits per heavy atom. The van der Waals surface area contributed by atoms with Gasteiger partial charge in [-0.15, -0.1) is 11.6 Å². The molecular weight excluding hydrogens is 67.0 g/mol. The summed E-state index contributed by atoms with van der Waals surface area (Å²) < 4.78 is 0. The highest BCUT2D eigenvalue weighted by Gasteiger charge is 1.46. The summed E-state index contributed by atoms with van der Waals surface area (Å²) >= 11 is 0.750. The van der Waals surface area contributed by atoms with Gasteiger partial charge < -0.3 is 5.48 Å². The lowest BCUT2D eigenvalue weighted by atomic mass is 11.9. The molecule has 25 valence electrons. The van der Waals surface area contributed by atoms with Crippen molar-refractivity contribution in [2.45, 2.75) is 11.6 Å². The standard InChI is InChI=1S/2CH3.Al.H2O/h2*1H3;;1H2/p-1. The molecule has 0 fully saturated rings. The molecule has 1 nitrogen and oxygen atoms in total. The highest BCUT2D eigenvalue weighted by atomic mass is 27.1. The van der Waals surface area contributed by atoms with E-state index in [1.165, 1.54) is 0 Å². The summed E-state index contributed by atoms with van der Waals surface area (Å²) in [5.41, 5.74) is 0. The van der Waals surface area contributed by atoms with Gasteiger partial charge in [-0.05, 0) is 0 Å². The van der Waals surface area contributed by atoms with Crippen LogP contribution in [0.1, 0.15) is 0 Å². The van der Waals surface area contributed by atoms with Gasteiger partial charge in [-0.25, -0.2) is 0 Å². The number of rotatable bonds is 0. The van der Waals surface area contributed by atoms with Gasteiger partial charge >= 0.3 is 0 Å². The third-order valence-corrected chi connectivity index (χ3v) is 0. The Bertz CT molecular complexity index is 6.00. The summed E-state index contributed by atoms with van der Waals surface area (Å²) in [6.45, 7) is 0.